The van der Waals surface area contributed by atoms with Crippen LogP contribution in [0.1, 0.15) is 59.8 Å². The average Bonchev–Trinajstić information content (AvgIpc) is 2.98. The number of aliphatic hydroxyl groups excluding tert-OH is 3. The summed E-state index contributed by atoms with van der Waals surface area (Å²) in [7, 11) is 1.07. The van der Waals surface area contributed by atoms with Crippen molar-refractivity contribution in [3.8, 4) is 0 Å². The van der Waals surface area contributed by atoms with Gasteiger partial charge in [-0.3, -0.25) is 9.59 Å². The number of aliphatic hydroxyl groups is 3. The molecule has 0 spiro atoms. The molecule has 1 heterocycles. The van der Waals surface area contributed by atoms with Crippen LogP contribution >= 0.6 is 0 Å². The van der Waals surface area contributed by atoms with E-state index in [1.807, 2.05) is 0 Å². The zero-order chi connectivity index (χ0) is 34.3. The summed E-state index contributed by atoms with van der Waals surface area (Å²) in [6.07, 6.45) is -4.04. The minimum Gasteiger partial charge on any atom is -0.469 e. The minimum atomic E-state index is -1.83. The van der Waals surface area contributed by atoms with Crippen LogP contribution in [-0.2, 0) is 42.9 Å². The molecule has 46 heavy (non-hydrogen) atoms. The molecule has 2 saturated carbocycles. The zero-order valence-corrected chi connectivity index (χ0v) is 26.9. The van der Waals surface area contributed by atoms with E-state index in [1.54, 1.807) is 27.7 Å². The third-order valence-corrected chi connectivity index (χ3v) is 10.6. The molecule has 0 aromatic heterocycles. The Labute approximate surface area is 267 Å². The quantitative estimate of drug-likeness (QED) is 0.0891. The van der Waals surface area contributed by atoms with Gasteiger partial charge in [0.2, 0.25) is 6.10 Å². The molecule has 0 radical (unpaired) electrons. The lowest BCUT2D eigenvalue weighted by Gasteiger charge is -2.69. The van der Waals surface area contributed by atoms with Crippen molar-refractivity contribution in [2.45, 2.75) is 90.3 Å². The van der Waals surface area contributed by atoms with Gasteiger partial charge >= 0.3 is 23.9 Å². The zero-order valence-electron chi connectivity index (χ0n) is 26.9. The van der Waals surface area contributed by atoms with Gasteiger partial charge in [0.1, 0.15) is 12.1 Å². The summed E-state index contributed by atoms with van der Waals surface area (Å²) >= 11 is 0. The summed E-state index contributed by atoms with van der Waals surface area (Å²) in [5.74, 6) is -9.24. The number of Topliss-reactive ketones (excluding diaryl/α,β-unsaturated/α-hetero) is 1. The molecule has 3 aliphatic carbocycles. The molecule has 14 nitrogen and oxygen atoms in total. The van der Waals surface area contributed by atoms with Gasteiger partial charge in [-0.2, -0.15) is 0 Å². The molecular formula is C32H46N2O12. The first-order valence-electron chi connectivity index (χ1n) is 15.6. The Kier molecular flexibility index (Phi) is 10.5. The highest BCUT2D eigenvalue weighted by atomic mass is 16.6. The maximum atomic E-state index is 13.7. The summed E-state index contributed by atoms with van der Waals surface area (Å²) in [5, 5.41) is 34.5. The first kappa shape index (κ1) is 35.7. The van der Waals surface area contributed by atoms with Crippen molar-refractivity contribution in [1.82, 2.24) is 0 Å². The number of rotatable bonds is 10. The molecule has 1 saturated heterocycles. The highest BCUT2D eigenvalue weighted by molar-refractivity contribution is 5.98. The maximum absolute atomic E-state index is 13.7. The maximum Gasteiger partial charge on any atom is 0.348 e. The van der Waals surface area contributed by atoms with E-state index in [1.165, 1.54) is 0 Å². The van der Waals surface area contributed by atoms with Crippen LogP contribution in [0.15, 0.2) is 23.0 Å². The molecule has 0 amide bonds. The lowest BCUT2D eigenvalue weighted by molar-refractivity contribution is -0.309. The van der Waals surface area contributed by atoms with Gasteiger partial charge in [-0.15, -0.1) is 0 Å². The summed E-state index contributed by atoms with van der Waals surface area (Å²) in [5.41, 5.74) is 9.58. The highest BCUT2D eigenvalue weighted by Gasteiger charge is 2.77. The normalized spacial score (nSPS) is 37.3. The monoisotopic (exact) mass is 650 g/mol. The largest absolute Gasteiger partial charge is 0.469 e. The Morgan fingerprint density at radius 2 is 1.83 bits per heavy atom. The van der Waals surface area contributed by atoms with Gasteiger partial charge in [0.05, 0.1) is 31.8 Å². The fourth-order valence-corrected chi connectivity index (χ4v) is 8.69. The molecule has 7 N–H and O–H groups in total. The number of allylic oxidation sites excluding steroid dienone is 3. The van der Waals surface area contributed by atoms with Crippen LogP contribution in [0.4, 0.5) is 0 Å². The summed E-state index contributed by atoms with van der Waals surface area (Å²) in [6.45, 7) is 6.27. The van der Waals surface area contributed by atoms with Crippen LogP contribution in [0.25, 0.3) is 0 Å². The van der Waals surface area contributed by atoms with Crippen LogP contribution in [0.5, 0.6) is 0 Å². The number of hydrogen-bond donors (Lipinski definition) is 5. The van der Waals surface area contributed by atoms with E-state index in [9.17, 15) is 39.3 Å². The van der Waals surface area contributed by atoms with E-state index in [0.29, 0.717) is 37.0 Å². The number of ether oxygens (including phenoxy) is 4. The van der Waals surface area contributed by atoms with Crippen molar-refractivity contribution in [3.05, 3.63) is 23.0 Å². The van der Waals surface area contributed by atoms with Crippen LogP contribution in [-0.4, -0.2) is 95.7 Å². The summed E-state index contributed by atoms with van der Waals surface area (Å²) < 4.78 is 22.0. The van der Waals surface area contributed by atoms with Gasteiger partial charge in [0, 0.05) is 29.7 Å². The number of esters is 4. The van der Waals surface area contributed by atoms with Crippen molar-refractivity contribution in [2.24, 2.45) is 46.0 Å². The van der Waals surface area contributed by atoms with E-state index in [-0.39, 0.29) is 18.6 Å². The van der Waals surface area contributed by atoms with Crippen molar-refractivity contribution in [1.29, 1.82) is 0 Å². The number of hydrogen-bond acceptors (Lipinski definition) is 14. The van der Waals surface area contributed by atoms with Crippen LogP contribution < -0.4 is 11.5 Å². The van der Waals surface area contributed by atoms with Gasteiger partial charge in [-0.1, -0.05) is 18.9 Å². The topological polar surface area (TPSA) is 235 Å². The van der Waals surface area contributed by atoms with E-state index < -0.39 is 101 Å². The molecule has 1 aliphatic heterocycles. The molecule has 0 aromatic rings. The first-order valence-corrected chi connectivity index (χ1v) is 15.6. The first-order chi connectivity index (χ1) is 21.6. The predicted octanol–water partition coefficient (Wildman–Crippen LogP) is -0.202. The SMILES string of the molecule is COC(=O)C1[C@@H](O)[C@H](O)C2[C@]3(CO)[C@H]1[C@@H](OC(=O)C=C(C)C)C(=O)O[C@@H]3C[C@H]1C(C)=C(OC(=O)[C@@H](N)CCCCN)C(=O)C[C@]21C. The Morgan fingerprint density at radius 3 is 2.41 bits per heavy atom. The smallest absolute Gasteiger partial charge is 0.348 e. The Bertz CT molecular complexity index is 1320. The number of ketones is 1. The van der Waals surface area contributed by atoms with Crippen LogP contribution in [0.3, 0.4) is 0 Å². The number of nitrogens with two attached hydrogens (primary N) is 2. The standard InChI is InChI=1S/C32H46N2O12/c1-14(2)10-20(37)45-26-22-21(29(41)43-5)23(38)24(39)27-31(4)12-18(36)25(46-28(40)17(34)8-6-7-9-33)15(3)16(31)11-19(44-30(26)42)32(22,27)13-35/h10,16-17,19,21-24,26-27,35,38-39H,6-9,11-13,33-34H2,1-5H3/t16-,17-,19+,21?,22+,23+,24-,26+,27?,31-,32-/m0/s1. The third kappa shape index (κ3) is 5.78. The number of carbonyl (C=O) groups is 5. The van der Waals surface area contributed by atoms with Gasteiger partial charge < -0.3 is 45.7 Å². The highest BCUT2D eigenvalue weighted by Crippen LogP contribution is 2.69. The van der Waals surface area contributed by atoms with Crippen molar-refractivity contribution >= 4 is 29.7 Å². The van der Waals surface area contributed by atoms with Crippen LogP contribution in [0, 0.1) is 34.5 Å². The second kappa shape index (κ2) is 13.5. The number of unbranched alkanes of at least 4 members (excludes halogenated alkanes) is 1. The molecule has 4 rings (SSSR count). The van der Waals surface area contributed by atoms with E-state index in [0.717, 1.165) is 13.2 Å². The van der Waals surface area contributed by atoms with Gasteiger partial charge in [0.25, 0.3) is 0 Å². The fourth-order valence-electron chi connectivity index (χ4n) is 8.69. The lowest BCUT2D eigenvalue weighted by atomic mass is 9.38. The molecule has 11 atom stereocenters. The molecule has 14 heteroatoms. The second-order valence-electron chi connectivity index (χ2n) is 13.5. The molecule has 3 fully saturated rings. The molecule has 0 aromatic carbocycles. The van der Waals surface area contributed by atoms with Crippen LogP contribution in [0.2, 0.25) is 0 Å². The Balaban J connectivity index is 1.83. The minimum absolute atomic E-state index is 0.00383. The van der Waals surface area contributed by atoms with Gasteiger partial charge in [0.15, 0.2) is 11.5 Å². The predicted molar refractivity (Wildman–Crippen MR) is 159 cm³/mol. The Morgan fingerprint density at radius 1 is 1.15 bits per heavy atom. The fraction of sp³-hybridized carbons (Fsp3) is 0.719. The third-order valence-electron chi connectivity index (χ3n) is 10.6. The average molecular weight is 651 g/mol. The number of methoxy groups -OCH3 is 1. The lowest BCUT2D eigenvalue weighted by Crippen LogP contribution is -2.77. The summed E-state index contributed by atoms with van der Waals surface area (Å²) in [4.78, 5) is 66.2. The number of carbonyl (C=O) groups excluding carboxylic acids is 5. The molecule has 4 aliphatic rings. The number of fused-ring (bicyclic) bond motifs is 2. The van der Waals surface area contributed by atoms with Gasteiger partial charge in [-0.05, 0) is 63.5 Å². The van der Waals surface area contributed by atoms with E-state index in [2.05, 4.69) is 0 Å². The van der Waals surface area contributed by atoms with E-state index >= 15 is 0 Å². The molecular weight excluding hydrogens is 604 g/mol. The van der Waals surface area contributed by atoms with Crippen molar-refractivity contribution in [3.63, 3.8) is 0 Å². The molecule has 0 bridgehead atoms. The van der Waals surface area contributed by atoms with E-state index in [4.69, 9.17) is 30.4 Å². The Hall–Kier alpha value is -3.17. The molecule has 2 unspecified atom stereocenters. The molecule has 256 valence electrons. The van der Waals surface area contributed by atoms with Crippen molar-refractivity contribution < 1.29 is 58.2 Å². The van der Waals surface area contributed by atoms with Crippen molar-refractivity contribution in [2.75, 3.05) is 20.3 Å². The van der Waals surface area contributed by atoms with Gasteiger partial charge in [-0.25, -0.2) is 14.4 Å². The summed E-state index contributed by atoms with van der Waals surface area (Å²) in [6, 6.07) is -0.988. The second-order valence-corrected chi connectivity index (χ2v) is 13.5.